The van der Waals surface area contributed by atoms with Gasteiger partial charge in [0.05, 0.1) is 7.11 Å². The highest BCUT2D eigenvalue weighted by Crippen LogP contribution is 2.14. The molecule has 0 saturated heterocycles. The Bertz CT molecular complexity index is 578. The molecule has 0 spiro atoms. The highest BCUT2D eigenvalue weighted by Gasteiger charge is 2.17. The van der Waals surface area contributed by atoms with Crippen LogP contribution in [-0.4, -0.2) is 41.2 Å². The molecule has 0 amide bonds. The average Bonchev–Trinajstić information content (AvgIpc) is 2.47. The van der Waals surface area contributed by atoms with E-state index in [1.165, 1.54) is 0 Å². The largest absolute Gasteiger partial charge is 0.497 e. The molecule has 2 rings (SSSR count). The molecule has 2 N–H and O–H groups in total. The standard InChI is InChI=1S/C15H19BN2O3/c1-18(10-12-5-7-17-8-6-12)11-13-9-14(21-2)3-4-15(13)16(19)20/h3-9,19-20H,10-11H2,1-2H3. The van der Waals surface area contributed by atoms with Crippen LogP contribution in [0, 0.1) is 0 Å². The number of rotatable bonds is 6. The molecule has 0 aliphatic heterocycles. The first-order chi connectivity index (χ1) is 10.1. The van der Waals surface area contributed by atoms with E-state index in [1.54, 1.807) is 31.6 Å². The van der Waals surface area contributed by atoms with Crippen molar-refractivity contribution in [3.8, 4) is 5.75 Å². The van der Waals surface area contributed by atoms with Crippen molar-refractivity contribution in [2.45, 2.75) is 13.1 Å². The van der Waals surface area contributed by atoms with Crippen LogP contribution in [-0.2, 0) is 13.1 Å². The van der Waals surface area contributed by atoms with Crippen LogP contribution in [0.15, 0.2) is 42.7 Å². The Morgan fingerprint density at radius 1 is 1.14 bits per heavy atom. The van der Waals surface area contributed by atoms with Crippen LogP contribution >= 0.6 is 0 Å². The van der Waals surface area contributed by atoms with Crippen LogP contribution in [0.5, 0.6) is 5.75 Å². The number of ether oxygens (including phenoxy) is 1. The molecule has 6 heteroatoms. The minimum atomic E-state index is -1.49. The molecular formula is C15H19BN2O3. The summed E-state index contributed by atoms with van der Waals surface area (Å²) in [7, 11) is 2.09. The maximum absolute atomic E-state index is 9.46. The Morgan fingerprint density at radius 2 is 1.86 bits per heavy atom. The molecule has 2 aromatic rings. The molecule has 0 radical (unpaired) electrons. The number of hydrogen-bond donors (Lipinski definition) is 2. The van der Waals surface area contributed by atoms with Gasteiger partial charge in [0, 0.05) is 25.5 Å². The summed E-state index contributed by atoms with van der Waals surface area (Å²) in [5, 5.41) is 18.9. The average molecular weight is 286 g/mol. The van der Waals surface area contributed by atoms with Crippen molar-refractivity contribution in [2.24, 2.45) is 0 Å². The van der Waals surface area contributed by atoms with Crippen molar-refractivity contribution >= 4 is 12.6 Å². The fourth-order valence-corrected chi connectivity index (χ4v) is 2.24. The van der Waals surface area contributed by atoms with Gasteiger partial charge in [0.15, 0.2) is 0 Å². The van der Waals surface area contributed by atoms with Gasteiger partial charge in [-0.1, -0.05) is 6.07 Å². The highest BCUT2D eigenvalue weighted by atomic mass is 16.5. The molecule has 0 unspecified atom stereocenters. The SMILES string of the molecule is COc1ccc(B(O)O)c(CN(C)Cc2ccncc2)c1. The van der Waals surface area contributed by atoms with Crippen LogP contribution in [0.25, 0.3) is 0 Å². The van der Waals surface area contributed by atoms with Crippen LogP contribution in [0.1, 0.15) is 11.1 Å². The van der Waals surface area contributed by atoms with Gasteiger partial charge in [-0.3, -0.25) is 9.88 Å². The number of hydrogen-bond acceptors (Lipinski definition) is 5. The summed E-state index contributed by atoms with van der Waals surface area (Å²) in [4.78, 5) is 6.09. The molecule has 5 nitrogen and oxygen atoms in total. The minimum Gasteiger partial charge on any atom is -0.497 e. The van der Waals surface area contributed by atoms with E-state index in [1.807, 2.05) is 25.2 Å². The van der Waals surface area contributed by atoms with E-state index in [2.05, 4.69) is 9.88 Å². The molecular weight excluding hydrogens is 267 g/mol. The molecule has 110 valence electrons. The molecule has 0 saturated carbocycles. The van der Waals surface area contributed by atoms with Crippen LogP contribution in [0.4, 0.5) is 0 Å². The number of aromatic nitrogens is 1. The van der Waals surface area contributed by atoms with Crippen molar-refractivity contribution in [2.75, 3.05) is 14.2 Å². The topological polar surface area (TPSA) is 65.8 Å². The van der Waals surface area contributed by atoms with Crippen molar-refractivity contribution in [3.63, 3.8) is 0 Å². The Kier molecular flexibility index (Phi) is 5.33. The van der Waals surface area contributed by atoms with Gasteiger partial charge in [-0.05, 0) is 47.9 Å². The molecule has 0 fully saturated rings. The predicted octanol–water partition coefficient (Wildman–Crippen LogP) is 0.402. The van der Waals surface area contributed by atoms with Gasteiger partial charge in [0.2, 0.25) is 0 Å². The first-order valence-electron chi connectivity index (χ1n) is 6.70. The van der Waals surface area contributed by atoms with E-state index in [4.69, 9.17) is 4.74 Å². The van der Waals surface area contributed by atoms with E-state index in [0.29, 0.717) is 17.8 Å². The molecule has 1 heterocycles. The van der Waals surface area contributed by atoms with Crippen LogP contribution < -0.4 is 10.2 Å². The first-order valence-corrected chi connectivity index (χ1v) is 6.70. The second kappa shape index (κ2) is 7.22. The van der Waals surface area contributed by atoms with Gasteiger partial charge in [0.25, 0.3) is 0 Å². The summed E-state index contributed by atoms with van der Waals surface area (Å²) in [6, 6.07) is 9.16. The summed E-state index contributed by atoms with van der Waals surface area (Å²) in [5.41, 5.74) is 2.49. The third kappa shape index (κ3) is 4.29. The Morgan fingerprint density at radius 3 is 2.48 bits per heavy atom. The van der Waals surface area contributed by atoms with Gasteiger partial charge < -0.3 is 14.8 Å². The Hall–Kier alpha value is -1.89. The van der Waals surface area contributed by atoms with Crippen molar-refractivity contribution in [3.05, 3.63) is 53.9 Å². The lowest BCUT2D eigenvalue weighted by molar-refractivity contribution is 0.318. The quantitative estimate of drug-likeness (QED) is 0.753. The van der Waals surface area contributed by atoms with E-state index in [-0.39, 0.29) is 0 Å². The molecule has 21 heavy (non-hydrogen) atoms. The third-order valence-corrected chi connectivity index (χ3v) is 3.27. The fraction of sp³-hybridized carbons (Fsp3) is 0.267. The van der Waals surface area contributed by atoms with Gasteiger partial charge in [-0.15, -0.1) is 0 Å². The van der Waals surface area contributed by atoms with Gasteiger partial charge in [-0.2, -0.15) is 0 Å². The van der Waals surface area contributed by atoms with E-state index in [0.717, 1.165) is 17.7 Å². The molecule has 1 aromatic heterocycles. The lowest BCUT2D eigenvalue weighted by Crippen LogP contribution is -2.35. The minimum absolute atomic E-state index is 0.498. The normalized spacial score (nSPS) is 10.7. The summed E-state index contributed by atoms with van der Waals surface area (Å²) in [5.74, 6) is 0.701. The van der Waals surface area contributed by atoms with Gasteiger partial charge in [-0.25, -0.2) is 0 Å². The van der Waals surface area contributed by atoms with Gasteiger partial charge >= 0.3 is 7.12 Å². The smallest absolute Gasteiger partial charge is 0.488 e. The number of benzene rings is 1. The van der Waals surface area contributed by atoms with E-state index in [9.17, 15) is 10.0 Å². The van der Waals surface area contributed by atoms with E-state index < -0.39 is 7.12 Å². The summed E-state index contributed by atoms with van der Waals surface area (Å²) in [6.45, 7) is 1.34. The maximum atomic E-state index is 9.46. The molecule has 1 aromatic carbocycles. The molecule has 0 aliphatic carbocycles. The maximum Gasteiger partial charge on any atom is 0.488 e. The van der Waals surface area contributed by atoms with Crippen molar-refractivity contribution in [1.29, 1.82) is 0 Å². The van der Waals surface area contributed by atoms with Crippen LogP contribution in [0.2, 0.25) is 0 Å². The summed E-state index contributed by atoms with van der Waals surface area (Å²) in [6.07, 6.45) is 3.52. The number of pyridine rings is 1. The second-order valence-corrected chi connectivity index (χ2v) is 4.97. The molecule has 0 aliphatic rings. The lowest BCUT2D eigenvalue weighted by Gasteiger charge is -2.19. The Balaban J connectivity index is 2.13. The zero-order chi connectivity index (χ0) is 15.2. The fourth-order valence-electron chi connectivity index (χ4n) is 2.24. The van der Waals surface area contributed by atoms with Gasteiger partial charge in [0.1, 0.15) is 5.75 Å². The van der Waals surface area contributed by atoms with E-state index >= 15 is 0 Å². The number of nitrogens with zero attached hydrogens (tertiary/aromatic N) is 2. The van der Waals surface area contributed by atoms with Crippen molar-refractivity contribution < 1.29 is 14.8 Å². The third-order valence-electron chi connectivity index (χ3n) is 3.27. The zero-order valence-electron chi connectivity index (χ0n) is 12.2. The molecule has 0 bridgehead atoms. The first kappa shape index (κ1) is 15.5. The number of methoxy groups -OCH3 is 1. The molecule has 0 atom stereocenters. The van der Waals surface area contributed by atoms with Crippen LogP contribution in [0.3, 0.4) is 0 Å². The lowest BCUT2D eigenvalue weighted by atomic mass is 9.77. The highest BCUT2D eigenvalue weighted by molar-refractivity contribution is 6.59. The summed E-state index contributed by atoms with van der Waals surface area (Å²) < 4.78 is 5.20. The van der Waals surface area contributed by atoms with Crippen molar-refractivity contribution in [1.82, 2.24) is 9.88 Å². The second-order valence-electron chi connectivity index (χ2n) is 4.97. The predicted molar refractivity (Wildman–Crippen MR) is 82.2 cm³/mol. The zero-order valence-corrected chi connectivity index (χ0v) is 12.2. The Labute approximate surface area is 125 Å². The monoisotopic (exact) mass is 286 g/mol. The summed E-state index contributed by atoms with van der Waals surface area (Å²) >= 11 is 0.